The van der Waals surface area contributed by atoms with Crippen LogP contribution in [0.2, 0.25) is 0 Å². The lowest BCUT2D eigenvalue weighted by Crippen LogP contribution is -2.28. The summed E-state index contributed by atoms with van der Waals surface area (Å²) in [4.78, 5) is 23.8. The van der Waals surface area contributed by atoms with E-state index in [0.717, 1.165) is 0 Å². The highest BCUT2D eigenvalue weighted by Gasteiger charge is 2.16. The van der Waals surface area contributed by atoms with Crippen LogP contribution in [-0.4, -0.2) is 32.2 Å². The first-order valence-electron chi connectivity index (χ1n) is 7.92. The van der Waals surface area contributed by atoms with Crippen molar-refractivity contribution in [2.75, 3.05) is 13.7 Å². The summed E-state index contributed by atoms with van der Waals surface area (Å²) in [5.74, 6) is -0.197. The first kappa shape index (κ1) is 20.2. The second-order valence-corrected chi connectivity index (χ2v) is 5.54. The predicted octanol–water partition coefficient (Wildman–Crippen LogP) is 2.98. The van der Waals surface area contributed by atoms with Crippen LogP contribution in [0, 0.1) is 13.8 Å². The number of methoxy groups -OCH3 is 1. The molecule has 0 fully saturated rings. The third kappa shape index (κ3) is 5.70. The van der Waals surface area contributed by atoms with Crippen molar-refractivity contribution in [3.63, 3.8) is 0 Å². The van der Waals surface area contributed by atoms with E-state index in [1.807, 2.05) is 0 Å². The fraction of sp³-hybridized carbons (Fsp3) is 0.333. The monoisotopic (exact) mass is 383 g/mol. The van der Waals surface area contributed by atoms with Gasteiger partial charge in [-0.05, 0) is 37.6 Å². The minimum absolute atomic E-state index is 0.0888. The molecular weight excluding hydrogens is 364 g/mol. The summed E-state index contributed by atoms with van der Waals surface area (Å²) in [6, 6.07) is 5.81. The van der Waals surface area contributed by atoms with Crippen molar-refractivity contribution < 1.29 is 37.0 Å². The molecular formula is C18H19F2NO6. The molecule has 0 aliphatic carbocycles. The van der Waals surface area contributed by atoms with Gasteiger partial charge in [-0.25, -0.2) is 4.79 Å². The predicted molar refractivity (Wildman–Crippen MR) is 89.9 cm³/mol. The van der Waals surface area contributed by atoms with Crippen molar-refractivity contribution in [1.82, 2.24) is 5.32 Å². The van der Waals surface area contributed by atoms with Crippen LogP contribution in [0.25, 0.3) is 0 Å². The standard InChI is InChI=1S/C18H19F2NO6/c1-10-6-13(11(2)26-10)17(23)25-9-16(22)21-8-12-4-5-14(27-18(19)20)15(7-12)24-3/h4-7,18H,8-9H2,1-3H3,(H,21,22). The zero-order valence-electron chi connectivity index (χ0n) is 15.0. The Morgan fingerprint density at radius 2 is 1.93 bits per heavy atom. The van der Waals surface area contributed by atoms with E-state index in [1.165, 1.54) is 31.4 Å². The van der Waals surface area contributed by atoms with Crippen molar-refractivity contribution >= 4 is 11.9 Å². The van der Waals surface area contributed by atoms with E-state index < -0.39 is 25.1 Å². The van der Waals surface area contributed by atoms with E-state index in [4.69, 9.17) is 13.9 Å². The van der Waals surface area contributed by atoms with Gasteiger partial charge in [-0.3, -0.25) is 4.79 Å². The van der Waals surface area contributed by atoms with Crippen molar-refractivity contribution in [3.8, 4) is 11.5 Å². The highest BCUT2D eigenvalue weighted by atomic mass is 19.3. The third-order valence-electron chi connectivity index (χ3n) is 3.53. The van der Waals surface area contributed by atoms with E-state index >= 15 is 0 Å². The molecule has 0 radical (unpaired) electrons. The maximum atomic E-state index is 12.3. The summed E-state index contributed by atoms with van der Waals surface area (Å²) >= 11 is 0. The molecule has 7 nitrogen and oxygen atoms in total. The van der Waals surface area contributed by atoms with E-state index in [0.29, 0.717) is 17.1 Å². The Labute approximate surface area is 154 Å². The molecule has 9 heteroatoms. The van der Waals surface area contributed by atoms with Gasteiger partial charge in [0.2, 0.25) is 0 Å². The topological polar surface area (TPSA) is 87.0 Å². The van der Waals surface area contributed by atoms with Crippen molar-refractivity contribution in [2.45, 2.75) is 27.0 Å². The molecule has 2 aromatic rings. The maximum absolute atomic E-state index is 12.3. The normalized spacial score (nSPS) is 10.6. The molecule has 0 bridgehead atoms. The lowest BCUT2D eigenvalue weighted by atomic mass is 10.2. The van der Waals surface area contributed by atoms with Crippen LogP contribution >= 0.6 is 0 Å². The minimum atomic E-state index is -2.97. The molecule has 0 spiro atoms. The van der Waals surface area contributed by atoms with Crippen LogP contribution in [0.5, 0.6) is 11.5 Å². The number of furan rings is 1. The van der Waals surface area contributed by atoms with Gasteiger partial charge in [0.15, 0.2) is 18.1 Å². The fourth-order valence-corrected chi connectivity index (χ4v) is 2.31. The Kier molecular flexibility index (Phi) is 6.75. The second kappa shape index (κ2) is 9.02. The molecule has 27 heavy (non-hydrogen) atoms. The number of carbonyl (C=O) groups is 2. The van der Waals surface area contributed by atoms with Crippen molar-refractivity contribution in [3.05, 3.63) is 46.9 Å². The van der Waals surface area contributed by atoms with Gasteiger partial charge in [0.25, 0.3) is 5.91 Å². The number of ether oxygens (including phenoxy) is 3. The molecule has 0 saturated heterocycles. The number of carbonyl (C=O) groups excluding carboxylic acids is 2. The number of amides is 1. The van der Waals surface area contributed by atoms with Gasteiger partial charge in [-0.2, -0.15) is 8.78 Å². The number of nitrogens with one attached hydrogen (secondary N) is 1. The number of esters is 1. The molecule has 1 heterocycles. The second-order valence-electron chi connectivity index (χ2n) is 5.54. The number of benzene rings is 1. The summed E-state index contributed by atoms with van der Waals surface area (Å²) in [5, 5.41) is 2.55. The highest BCUT2D eigenvalue weighted by molar-refractivity contribution is 5.92. The Hall–Kier alpha value is -3.10. The average Bonchev–Trinajstić information content (AvgIpc) is 2.96. The number of rotatable bonds is 8. The van der Waals surface area contributed by atoms with Gasteiger partial charge in [0, 0.05) is 6.54 Å². The smallest absolute Gasteiger partial charge is 0.387 e. The van der Waals surface area contributed by atoms with Gasteiger partial charge >= 0.3 is 12.6 Å². The first-order valence-corrected chi connectivity index (χ1v) is 7.92. The number of halogens is 2. The molecule has 0 saturated carbocycles. The quantitative estimate of drug-likeness (QED) is 0.706. The van der Waals surface area contributed by atoms with Crippen molar-refractivity contribution in [1.29, 1.82) is 0 Å². The van der Waals surface area contributed by atoms with Crippen molar-refractivity contribution in [2.24, 2.45) is 0 Å². The SMILES string of the molecule is COc1cc(CNC(=O)COC(=O)c2cc(C)oc2C)ccc1OC(F)F. The molecule has 0 aliphatic heterocycles. The molecule has 0 aliphatic rings. The van der Waals surface area contributed by atoms with E-state index in [2.05, 4.69) is 10.1 Å². The van der Waals surface area contributed by atoms with Gasteiger partial charge in [-0.1, -0.05) is 6.07 Å². The van der Waals surface area contributed by atoms with Crippen LogP contribution in [0.4, 0.5) is 8.78 Å². The molecule has 0 unspecified atom stereocenters. The zero-order chi connectivity index (χ0) is 20.0. The summed E-state index contributed by atoms with van der Waals surface area (Å²) in [6.45, 7) is -0.0275. The van der Waals surface area contributed by atoms with E-state index in [1.54, 1.807) is 13.8 Å². The number of hydrogen-bond donors (Lipinski definition) is 1. The van der Waals surface area contributed by atoms with E-state index in [9.17, 15) is 18.4 Å². The Morgan fingerprint density at radius 1 is 1.19 bits per heavy atom. The molecule has 146 valence electrons. The average molecular weight is 383 g/mol. The minimum Gasteiger partial charge on any atom is -0.493 e. The van der Waals surface area contributed by atoms with E-state index in [-0.39, 0.29) is 23.6 Å². The molecule has 0 atom stereocenters. The number of aryl methyl sites for hydroxylation is 2. The Balaban J connectivity index is 1.86. The van der Waals surface area contributed by atoms with Gasteiger partial charge in [-0.15, -0.1) is 0 Å². The van der Waals surface area contributed by atoms with Crippen LogP contribution < -0.4 is 14.8 Å². The molecule has 2 rings (SSSR count). The maximum Gasteiger partial charge on any atom is 0.387 e. The molecule has 1 aromatic carbocycles. The lowest BCUT2D eigenvalue weighted by Gasteiger charge is -2.12. The Morgan fingerprint density at radius 3 is 2.52 bits per heavy atom. The van der Waals surface area contributed by atoms with Crippen LogP contribution in [0.15, 0.2) is 28.7 Å². The van der Waals surface area contributed by atoms with Gasteiger partial charge in [0.05, 0.1) is 7.11 Å². The number of alkyl halides is 2. The number of hydrogen-bond acceptors (Lipinski definition) is 6. The van der Waals surface area contributed by atoms with Crippen LogP contribution in [0.3, 0.4) is 0 Å². The first-order chi connectivity index (χ1) is 12.8. The Bertz CT molecular complexity index is 818. The molecule has 1 aromatic heterocycles. The zero-order valence-corrected chi connectivity index (χ0v) is 15.0. The summed E-state index contributed by atoms with van der Waals surface area (Å²) in [7, 11) is 1.31. The summed E-state index contributed by atoms with van der Waals surface area (Å²) in [5.41, 5.74) is 0.856. The third-order valence-corrected chi connectivity index (χ3v) is 3.53. The van der Waals surface area contributed by atoms with Crippen LogP contribution in [0.1, 0.15) is 27.4 Å². The fourth-order valence-electron chi connectivity index (χ4n) is 2.31. The van der Waals surface area contributed by atoms with Gasteiger partial charge in [0.1, 0.15) is 17.1 Å². The molecule has 1 N–H and O–H groups in total. The largest absolute Gasteiger partial charge is 0.493 e. The van der Waals surface area contributed by atoms with Crippen LogP contribution in [-0.2, 0) is 16.1 Å². The van der Waals surface area contributed by atoms with Gasteiger partial charge < -0.3 is 23.9 Å². The lowest BCUT2D eigenvalue weighted by molar-refractivity contribution is -0.124. The molecule has 1 amide bonds. The highest BCUT2D eigenvalue weighted by Crippen LogP contribution is 2.29. The summed E-state index contributed by atoms with van der Waals surface area (Å²) in [6.07, 6.45) is 0. The summed E-state index contributed by atoms with van der Waals surface area (Å²) < 4.78 is 44.1.